The average Bonchev–Trinajstić information content (AvgIpc) is 2.71. The van der Waals surface area contributed by atoms with E-state index in [0.29, 0.717) is 17.1 Å². The van der Waals surface area contributed by atoms with Crippen molar-refractivity contribution in [2.45, 2.75) is 51.7 Å². The summed E-state index contributed by atoms with van der Waals surface area (Å²) >= 11 is 6.21. The van der Waals surface area contributed by atoms with Crippen molar-refractivity contribution in [3.63, 3.8) is 0 Å². The largest absolute Gasteiger partial charge is 0.480 e. The first-order chi connectivity index (χ1) is 15.0. The van der Waals surface area contributed by atoms with Gasteiger partial charge in [-0.05, 0) is 62.9 Å². The van der Waals surface area contributed by atoms with E-state index in [1.165, 1.54) is 0 Å². The number of carboxylic acids is 1. The molecule has 1 aliphatic heterocycles. The first-order valence-electron chi connectivity index (χ1n) is 10.5. The van der Waals surface area contributed by atoms with E-state index in [-0.39, 0.29) is 12.3 Å². The predicted octanol–water partition coefficient (Wildman–Crippen LogP) is 4.45. The molecule has 2 aromatic carbocycles. The van der Waals surface area contributed by atoms with Crippen LogP contribution in [0.25, 0.3) is 0 Å². The van der Waals surface area contributed by atoms with Gasteiger partial charge in [-0.25, -0.2) is 9.59 Å². The van der Waals surface area contributed by atoms with Crippen LogP contribution in [0.2, 0.25) is 5.02 Å². The van der Waals surface area contributed by atoms with Crippen molar-refractivity contribution in [2.75, 3.05) is 11.4 Å². The summed E-state index contributed by atoms with van der Waals surface area (Å²) in [5, 5.41) is 12.4. The van der Waals surface area contributed by atoms with Crippen molar-refractivity contribution in [1.29, 1.82) is 0 Å². The number of ether oxygens (including phenoxy) is 1. The Morgan fingerprint density at radius 1 is 1.19 bits per heavy atom. The lowest BCUT2D eigenvalue weighted by atomic mass is 9.96. The molecule has 2 amide bonds. The summed E-state index contributed by atoms with van der Waals surface area (Å²) in [5.41, 5.74) is 2.21. The maximum Gasteiger partial charge on any atom is 0.408 e. The molecule has 1 aliphatic rings. The highest BCUT2D eigenvalue weighted by molar-refractivity contribution is 6.34. The molecule has 7 nitrogen and oxygen atoms in total. The molecule has 1 heterocycles. The van der Waals surface area contributed by atoms with Gasteiger partial charge in [0.2, 0.25) is 0 Å². The number of benzene rings is 2. The number of halogens is 1. The number of fused-ring (bicyclic) bond motifs is 1. The van der Waals surface area contributed by atoms with Crippen molar-refractivity contribution in [3.8, 4) is 0 Å². The zero-order valence-electron chi connectivity index (χ0n) is 18.4. The summed E-state index contributed by atoms with van der Waals surface area (Å²) in [7, 11) is 0. The van der Waals surface area contributed by atoms with E-state index in [2.05, 4.69) is 5.32 Å². The van der Waals surface area contributed by atoms with Gasteiger partial charge in [0.15, 0.2) is 0 Å². The molecule has 0 unspecified atom stereocenters. The minimum atomic E-state index is -1.15. The van der Waals surface area contributed by atoms with Crippen LogP contribution in [-0.2, 0) is 22.4 Å². The summed E-state index contributed by atoms with van der Waals surface area (Å²) in [6, 6.07) is 11.3. The molecule has 0 radical (unpaired) electrons. The van der Waals surface area contributed by atoms with Gasteiger partial charge in [0.1, 0.15) is 11.6 Å². The lowest BCUT2D eigenvalue weighted by Gasteiger charge is -2.30. The van der Waals surface area contributed by atoms with E-state index in [1.807, 2.05) is 12.1 Å². The first kappa shape index (κ1) is 23.6. The highest BCUT2D eigenvalue weighted by atomic mass is 35.5. The Hall–Kier alpha value is -3.06. The fraction of sp³-hybridized carbons (Fsp3) is 0.375. The van der Waals surface area contributed by atoms with Crippen LogP contribution in [-0.4, -0.2) is 41.3 Å². The Labute approximate surface area is 192 Å². The van der Waals surface area contributed by atoms with Gasteiger partial charge in [0, 0.05) is 18.7 Å². The van der Waals surface area contributed by atoms with E-state index in [0.717, 1.165) is 29.7 Å². The van der Waals surface area contributed by atoms with Crippen LogP contribution >= 0.6 is 11.6 Å². The fourth-order valence-electron chi connectivity index (χ4n) is 3.65. The average molecular weight is 459 g/mol. The molecular weight excluding hydrogens is 432 g/mol. The lowest BCUT2D eigenvalue weighted by Crippen LogP contribution is -2.44. The number of carboxylic acid groups (broad SMARTS) is 1. The van der Waals surface area contributed by atoms with E-state index in [4.69, 9.17) is 16.3 Å². The van der Waals surface area contributed by atoms with Gasteiger partial charge < -0.3 is 20.1 Å². The highest BCUT2D eigenvalue weighted by Crippen LogP contribution is 2.31. The molecule has 0 spiro atoms. The second kappa shape index (κ2) is 9.61. The number of anilines is 1. The molecule has 0 saturated carbocycles. The van der Waals surface area contributed by atoms with Gasteiger partial charge in [0.05, 0.1) is 10.6 Å². The zero-order chi connectivity index (χ0) is 23.5. The van der Waals surface area contributed by atoms with Crippen molar-refractivity contribution >= 4 is 35.3 Å². The Bertz CT molecular complexity index is 1030. The molecule has 8 heteroatoms. The van der Waals surface area contributed by atoms with Crippen LogP contribution < -0.4 is 10.2 Å². The fourth-order valence-corrected chi connectivity index (χ4v) is 3.87. The van der Waals surface area contributed by atoms with Crippen molar-refractivity contribution in [3.05, 3.63) is 64.2 Å². The van der Waals surface area contributed by atoms with Crippen molar-refractivity contribution in [2.24, 2.45) is 0 Å². The normalized spacial score (nSPS) is 14.3. The number of alkyl carbamates (subject to hydrolysis) is 1. The number of hydrogen-bond donors (Lipinski definition) is 2. The number of carbonyl (C=O) groups excluding carboxylic acids is 2. The topological polar surface area (TPSA) is 95.9 Å². The summed E-state index contributed by atoms with van der Waals surface area (Å²) < 4.78 is 5.17. The van der Waals surface area contributed by atoms with Crippen LogP contribution in [0.5, 0.6) is 0 Å². The Morgan fingerprint density at radius 3 is 2.56 bits per heavy atom. The lowest BCUT2D eigenvalue weighted by molar-refractivity contribution is -0.139. The molecule has 1 atom stereocenters. The highest BCUT2D eigenvalue weighted by Gasteiger charge is 2.27. The monoisotopic (exact) mass is 458 g/mol. The number of amides is 2. The van der Waals surface area contributed by atoms with Gasteiger partial charge in [-0.3, -0.25) is 4.79 Å². The summed E-state index contributed by atoms with van der Waals surface area (Å²) in [6.07, 6.45) is 0.873. The summed E-state index contributed by atoms with van der Waals surface area (Å²) in [6.45, 7) is 5.71. The molecule has 32 heavy (non-hydrogen) atoms. The molecule has 0 bridgehead atoms. The Morgan fingerprint density at radius 2 is 1.91 bits per heavy atom. The maximum absolute atomic E-state index is 13.1. The van der Waals surface area contributed by atoms with Crippen LogP contribution in [0.15, 0.2) is 42.5 Å². The van der Waals surface area contributed by atoms with Crippen molar-refractivity contribution < 1.29 is 24.2 Å². The summed E-state index contributed by atoms with van der Waals surface area (Å²) in [4.78, 5) is 38.5. The molecule has 0 saturated heterocycles. The van der Waals surface area contributed by atoms with Gasteiger partial charge in [-0.1, -0.05) is 35.9 Å². The van der Waals surface area contributed by atoms with Gasteiger partial charge in [-0.2, -0.15) is 0 Å². The van der Waals surface area contributed by atoms with Crippen molar-refractivity contribution in [1.82, 2.24) is 5.32 Å². The smallest absolute Gasteiger partial charge is 0.408 e. The minimum absolute atomic E-state index is 0.0975. The van der Waals surface area contributed by atoms with E-state index in [1.54, 1.807) is 56.0 Å². The molecule has 170 valence electrons. The summed E-state index contributed by atoms with van der Waals surface area (Å²) in [5.74, 6) is -1.32. The van der Waals surface area contributed by atoms with Crippen LogP contribution in [0.3, 0.4) is 0 Å². The third-order valence-corrected chi connectivity index (χ3v) is 5.37. The van der Waals surface area contributed by atoms with Crippen LogP contribution in [0.1, 0.15) is 48.7 Å². The van der Waals surface area contributed by atoms with Crippen LogP contribution in [0.4, 0.5) is 10.5 Å². The molecule has 2 N–H and O–H groups in total. The number of carbonyl (C=O) groups is 3. The SMILES string of the molecule is CC(C)(C)OC(=O)N[C@@H](Cc1ccc2c(c1)CCCN2C(=O)c1ccccc1Cl)C(=O)O. The maximum atomic E-state index is 13.1. The molecule has 0 fully saturated rings. The number of nitrogens with one attached hydrogen (secondary N) is 1. The molecule has 2 aromatic rings. The second-order valence-corrected chi connectivity index (χ2v) is 9.15. The Kier molecular flexibility index (Phi) is 7.09. The van der Waals surface area contributed by atoms with Gasteiger partial charge in [0.25, 0.3) is 5.91 Å². The predicted molar refractivity (Wildman–Crippen MR) is 122 cm³/mol. The first-order valence-corrected chi connectivity index (χ1v) is 10.8. The number of aryl methyl sites for hydroxylation is 1. The third-order valence-electron chi connectivity index (χ3n) is 5.04. The van der Waals surface area contributed by atoms with E-state index < -0.39 is 23.7 Å². The van der Waals surface area contributed by atoms with Gasteiger partial charge in [-0.15, -0.1) is 0 Å². The quantitative estimate of drug-likeness (QED) is 0.689. The number of rotatable bonds is 5. The number of hydrogen-bond acceptors (Lipinski definition) is 4. The molecule has 3 rings (SSSR count). The Balaban J connectivity index is 1.78. The number of aliphatic carboxylic acids is 1. The second-order valence-electron chi connectivity index (χ2n) is 8.74. The van der Waals surface area contributed by atoms with Crippen LogP contribution in [0, 0.1) is 0 Å². The zero-order valence-corrected chi connectivity index (χ0v) is 19.1. The number of nitrogens with zero attached hydrogens (tertiary/aromatic N) is 1. The standard InChI is InChI=1S/C24H27ClN2O5/c1-24(2,3)32-23(31)26-19(22(29)30)14-15-10-11-20-16(13-15)7-6-12-27(20)21(28)17-8-4-5-9-18(17)25/h4-5,8-11,13,19H,6-7,12,14H2,1-3H3,(H,26,31)(H,29,30)/t19-/m0/s1. The molecule has 0 aliphatic carbocycles. The minimum Gasteiger partial charge on any atom is -0.480 e. The molecular formula is C24H27ClN2O5. The molecule has 0 aromatic heterocycles. The third kappa shape index (κ3) is 5.79. The van der Waals surface area contributed by atoms with E-state index >= 15 is 0 Å². The van der Waals surface area contributed by atoms with E-state index in [9.17, 15) is 19.5 Å². The van der Waals surface area contributed by atoms with Gasteiger partial charge >= 0.3 is 12.1 Å².